The van der Waals surface area contributed by atoms with E-state index >= 15 is 0 Å². The zero-order valence-electron chi connectivity index (χ0n) is 16.6. The Morgan fingerprint density at radius 3 is 2.09 bits per heavy atom. The van der Waals surface area contributed by atoms with Gasteiger partial charge in [0.05, 0.1) is 0 Å². The lowest BCUT2D eigenvalue weighted by molar-refractivity contribution is -0.347. The van der Waals surface area contributed by atoms with E-state index in [1.807, 2.05) is 0 Å². The molecule has 11 heteroatoms. The van der Waals surface area contributed by atoms with Gasteiger partial charge in [0.25, 0.3) is 5.60 Å². The van der Waals surface area contributed by atoms with Crippen molar-refractivity contribution in [3.8, 4) is 5.75 Å². The van der Waals surface area contributed by atoms with Gasteiger partial charge in [0.15, 0.2) is 6.29 Å². The zero-order chi connectivity index (χ0) is 24.2. The van der Waals surface area contributed by atoms with Crippen molar-refractivity contribution in [2.75, 3.05) is 0 Å². The molecule has 1 aromatic carbocycles. The Bertz CT molecular complexity index is 928. The summed E-state index contributed by atoms with van der Waals surface area (Å²) in [5.74, 6) is 0.470. The lowest BCUT2D eigenvalue weighted by Crippen LogP contribution is -2.55. The van der Waals surface area contributed by atoms with Crippen LogP contribution >= 0.6 is 11.3 Å². The highest BCUT2D eigenvalue weighted by Crippen LogP contribution is 2.44. The second kappa shape index (κ2) is 10.1. The summed E-state index contributed by atoms with van der Waals surface area (Å²) in [5, 5.41) is 27.3. The number of allylic oxidation sites excluding steroid dienone is 3. The SMILES string of the molecule is CCC(=CC=CC(O)(C(F)(F)F)C(F)(F)F)c1ccc(COc2ccc(C(O)O)cc2)s1. The Morgan fingerprint density at radius 1 is 1.00 bits per heavy atom. The van der Waals surface area contributed by atoms with Gasteiger partial charge < -0.3 is 20.1 Å². The first-order valence-electron chi connectivity index (χ1n) is 9.20. The quantitative estimate of drug-likeness (QED) is 0.264. The zero-order valence-corrected chi connectivity index (χ0v) is 17.4. The first kappa shape index (κ1) is 25.9. The summed E-state index contributed by atoms with van der Waals surface area (Å²) in [6.45, 7) is 1.84. The molecule has 0 radical (unpaired) electrons. The molecule has 0 aliphatic rings. The van der Waals surface area contributed by atoms with Crippen molar-refractivity contribution >= 4 is 16.9 Å². The van der Waals surface area contributed by atoms with Crippen LogP contribution < -0.4 is 4.74 Å². The lowest BCUT2D eigenvalue weighted by atomic mass is 10.0. The predicted molar refractivity (Wildman–Crippen MR) is 107 cm³/mol. The summed E-state index contributed by atoms with van der Waals surface area (Å²) in [6, 6.07) is 9.43. The molecule has 1 aromatic heterocycles. The van der Waals surface area contributed by atoms with E-state index in [1.165, 1.54) is 23.5 Å². The molecule has 0 unspecified atom stereocenters. The fourth-order valence-corrected chi connectivity index (χ4v) is 3.56. The van der Waals surface area contributed by atoms with Crippen LogP contribution in [0.25, 0.3) is 5.57 Å². The summed E-state index contributed by atoms with van der Waals surface area (Å²) in [5.41, 5.74) is -4.17. The van der Waals surface area contributed by atoms with Crippen molar-refractivity contribution in [2.24, 2.45) is 0 Å². The Labute approximate surface area is 183 Å². The molecule has 0 saturated carbocycles. The summed E-state index contributed by atoms with van der Waals surface area (Å²) in [6.07, 6.45) is -11.8. The molecule has 1 heterocycles. The van der Waals surface area contributed by atoms with Gasteiger partial charge >= 0.3 is 12.4 Å². The van der Waals surface area contributed by atoms with Crippen LogP contribution in [0.2, 0.25) is 0 Å². The second-order valence-electron chi connectivity index (χ2n) is 6.66. The van der Waals surface area contributed by atoms with E-state index in [1.54, 1.807) is 31.2 Å². The van der Waals surface area contributed by atoms with Crippen molar-refractivity contribution in [1.82, 2.24) is 0 Å². The molecule has 0 atom stereocenters. The van der Waals surface area contributed by atoms with Gasteiger partial charge in [0.1, 0.15) is 12.4 Å². The summed E-state index contributed by atoms with van der Waals surface area (Å²) >= 11 is 1.25. The predicted octanol–water partition coefficient (Wildman–Crippen LogP) is 5.52. The maximum atomic E-state index is 12.7. The third kappa shape index (κ3) is 6.12. The maximum Gasteiger partial charge on any atom is 0.430 e. The second-order valence-corrected chi connectivity index (χ2v) is 7.83. The lowest BCUT2D eigenvalue weighted by Gasteiger charge is -2.29. The van der Waals surface area contributed by atoms with Gasteiger partial charge in [0.2, 0.25) is 0 Å². The van der Waals surface area contributed by atoms with Crippen LogP contribution in [-0.4, -0.2) is 33.3 Å². The Hall–Kier alpha value is -2.34. The molecular formula is C21H20F6O4S. The fraction of sp³-hybridized carbons (Fsp3) is 0.333. The molecule has 0 aliphatic heterocycles. The van der Waals surface area contributed by atoms with E-state index in [9.17, 15) is 26.3 Å². The van der Waals surface area contributed by atoms with Crippen molar-refractivity contribution in [1.29, 1.82) is 0 Å². The highest BCUT2D eigenvalue weighted by atomic mass is 32.1. The number of benzene rings is 1. The number of thiophene rings is 1. The van der Waals surface area contributed by atoms with Crippen LogP contribution in [0.4, 0.5) is 26.3 Å². The first-order valence-corrected chi connectivity index (χ1v) is 10.0. The number of aliphatic hydroxyl groups excluding tert-OH is 1. The van der Waals surface area contributed by atoms with E-state index in [-0.39, 0.29) is 12.7 Å². The highest BCUT2D eigenvalue weighted by molar-refractivity contribution is 7.13. The third-order valence-corrected chi connectivity index (χ3v) is 5.55. The molecular weight excluding hydrogens is 462 g/mol. The van der Waals surface area contributed by atoms with Gasteiger partial charge in [0, 0.05) is 15.3 Å². The summed E-state index contributed by atoms with van der Waals surface area (Å²) in [4.78, 5) is 1.37. The van der Waals surface area contributed by atoms with Crippen LogP contribution in [0, 0.1) is 0 Å². The minimum atomic E-state index is -5.91. The van der Waals surface area contributed by atoms with Crippen LogP contribution in [0.15, 0.2) is 54.6 Å². The smallest absolute Gasteiger partial charge is 0.430 e. The van der Waals surface area contributed by atoms with Crippen LogP contribution in [0.5, 0.6) is 5.75 Å². The van der Waals surface area contributed by atoms with Gasteiger partial charge in [-0.1, -0.05) is 31.2 Å². The maximum absolute atomic E-state index is 12.7. The molecule has 0 spiro atoms. The molecule has 0 fully saturated rings. The molecule has 176 valence electrons. The van der Waals surface area contributed by atoms with Gasteiger partial charge in [-0.3, -0.25) is 0 Å². The molecule has 0 bridgehead atoms. The van der Waals surface area contributed by atoms with Gasteiger partial charge in [-0.15, -0.1) is 11.3 Å². The minimum absolute atomic E-state index is 0.153. The van der Waals surface area contributed by atoms with Crippen LogP contribution in [0.3, 0.4) is 0 Å². The van der Waals surface area contributed by atoms with E-state index in [4.69, 9.17) is 20.1 Å². The van der Waals surface area contributed by atoms with E-state index in [0.717, 1.165) is 11.0 Å². The molecule has 2 rings (SSSR count). The molecule has 0 saturated heterocycles. The largest absolute Gasteiger partial charge is 0.488 e. The fourth-order valence-electron chi connectivity index (χ4n) is 2.55. The van der Waals surface area contributed by atoms with Crippen LogP contribution in [-0.2, 0) is 6.61 Å². The van der Waals surface area contributed by atoms with E-state index in [0.29, 0.717) is 34.3 Å². The molecule has 4 nitrogen and oxygen atoms in total. The van der Waals surface area contributed by atoms with E-state index in [2.05, 4.69) is 0 Å². The number of halogens is 6. The number of hydrogen-bond donors (Lipinski definition) is 3. The number of ether oxygens (including phenoxy) is 1. The molecule has 3 N–H and O–H groups in total. The number of aliphatic hydroxyl groups is 3. The molecule has 2 aromatic rings. The van der Waals surface area contributed by atoms with Gasteiger partial charge in [-0.25, -0.2) is 0 Å². The van der Waals surface area contributed by atoms with Crippen molar-refractivity contribution in [3.05, 3.63) is 69.9 Å². The number of alkyl halides is 6. The monoisotopic (exact) mass is 482 g/mol. The van der Waals surface area contributed by atoms with Gasteiger partial charge in [-0.05, 0) is 42.3 Å². The summed E-state index contributed by atoms with van der Waals surface area (Å²) in [7, 11) is 0. The van der Waals surface area contributed by atoms with Crippen molar-refractivity contribution in [2.45, 2.75) is 44.2 Å². The van der Waals surface area contributed by atoms with Crippen LogP contribution in [0.1, 0.15) is 35.0 Å². The standard InChI is InChI=1S/C21H20F6O4S/c1-2-13(4-3-11-19(30,20(22,23)24)21(25,26)27)17-10-9-16(32-17)12-31-15-7-5-14(6-8-15)18(28)29/h3-11,18,28-30H,2,12H2,1H3. The van der Waals surface area contributed by atoms with Crippen molar-refractivity contribution < 1.29 is 46.4 Å². The highest BCUT2D eigenvalue weighted by Gasteiger charge is 2.68. The third-order valence-electron chi connectivity index (χ3n) is 4.42. The van der Waals surface area contributed by atoms with Gasteiger partial charge in [-0.2, -0.15) is 26.3 Å². The average Bonchev–Trinajstić information content (AvgIpc) is 3.17. The number of hydrogen-bond acceptors (Lipinski definition) is 5. The Balaban J connectivity index is 2.12. The minimum Gasteiger partial charge on any atom is -0.488 e. The normalized spacial score (nSPS) is 13.9. The van der Waals surface area contributed by atoms with Crippen molar-refractivity contribution in [3.63, 3.8) is 0 Å². The topological polar surface area (TPSA) is 69.9 Å². The Kier molecular flexibility index (Phi) is 8.16. The molecule has 32 heavy (non-hydrogen) atoms. The number of rotatable bonds is 8. The average molecular weight is 482 g/mol. The van der Waals surface area contributed by atoms with E-state index < -0.39 is 24.2 Å². The molecule has 0 amide bonds. The first-order chi connectivity index (χ1) is 14.8. The Morgan fingerprint density at radius 2 is 1.59 bits per heavy atom. The summed E-state index contributed by atoms with van der Waals surface area (Å²) < 4.78 is 82.0. The molecule has 0 aliphatic carbocycles.